The molecule has 1 aliphatic carbocycles. The quantitative estimate of drug-likeness (QED) is 0.399. The molecule has 0 saturated heterocycles. The molecule has 0 aromatic heterocycles. The molecule has 0 atom stereocenters. The number of hydrogen-bond donors (Lipinski definition) is 1. The maximum atomic E-state index is 11.3. The Hall–Kier alpha value is -1.31. The van der Waals surface area contributed by atoms with Crippen LogP contribution in [0, 0.1) is 0 Å². The molecule has 0 fully saturated rings. The molecule has 0 heterocycles. The van der Waals surface area contributed by atoms with Crippen molar-refractivity contribution in [1.82, 2.24) is 5.32 Å². The molecule has 2 rings (SSSR count). The van der Waals surface area contributed by atoms with Crippen molar-refractivity contribution in [2.45, 2.75) is 19.8 Å². The van der Waals surface area contributed by atoms with E-state index in [4.69, 9.17) is 0 Å². The standard InChI is InChI=1S/C10H15NO.C5H5.Fe/c1-2-3-8-11-10(12)9-6-4-5-7-9;1-2-4-5-3-1;/h4-7,11-12H,2-3,8H2,1H3;1-5H;/q;-1;+2/p-1. The second-order valence-electron chi connectivity index (χ2n) is 3.75. The summed E-state index contributed by atoms with van der Waals surface area (Å²) in [6.45, 7) is 2.88. The molecule has 98 valence electrons. The maximum absolute atomic E-state index is 11.3. The van der Waals surface area contributed by atoms with Crippen LogP contribution in [0.2, 0.25) is 0 Å². The fourth-order valence-electron chi connectivity index (χ4n) is 1.33. The van der Waals surface area contributed by atoms with Crippen molar-refractivity contribution >= 4 is 0 Å². The van der Waals surface area contributed by atoms with E-state index < -0.39 is 0 Å². The van der Waals surface area contributed by atoms with Gasteiger partial charge < -0.3 is 10.4 Å². The third-order valence-electron chi connectivity index (χ3n) is 2.30. The molecule has 0 radical (unpaired) electrons. The fraction of sp³-hybridized carbons (Fsp3) is 0.267. The molecule has 1 aromatic rings. The molecule has 18 heavy (non-hydrogen) atoms. The monoisotopic (exact) mass is 285 g/mol. The zero-order valence-corrected chi connectivity index (χ0v) is 11.7. The van der Waals surface area contributed by atoms with Crippen molar-refractivity contribution in [3.63, 3.8) is 0 Å². The Morgan fingerprint density at radius 3 is 2.28 bits per heavy atom. The minimum atomic E-state index is 0. The number of nitrogens with one attached hydrogen (secondary N) is 1. The molecule has 0 spiro atoms. The number of hydrogen-bond acceptors (Lipinski definition) is 2. The average Bonchev–Trinajstić information content (AvgIpc) is 3.05. The third-order valence-corrected chi connectivity index (χ3v) is 2.30. The van der Waals surface area contributed by atoms with E-state index in [0.29, 0.717) is 0 Å². The Morgan fingerprint density at radius 1 is 1.22 bits per heavy atom. The summed E-state index contributed by atoms with van der Waals surface area (Å²) in [5, 5.41) is 14.1. The van der Waals surface area contributed by atoms with Gasteiger partial charge in [0.15, 0.2) is 0 Å². The molecule has 1 aliphatic rings. The molecule has 0 bridgehead atoms. The van der Waals surface area contributed by atoms with Gasteiger partial charge in [0.1, 0.15) is 0 Å². The van der Waals surface area contributed by atoms with Crippen LogP contribution in [0.5, 0.6) is 0 Å². The molecular formula is C15H19FeNO. The molecule has 2 nitrogen and oxygen atoms in total. The average molecular weight is 285 g/mol. The van der Waals surface area contributed by atoms with Gasteiger partial charge in [-0.2, -0.15) is 18.2 Å². The van der Waals surface area contributed by atoms with Gasteiger partial charge in [-0.1, -0.05) is 37.6 Å². The molecule has 1 aromatic carbocycles. The summed E-state index contributed by atoms with van der Waals surface area (Å²) in [5.74, 6) is 0.0356. The van der Waals surface area contributed by atoms with Gasteiger partial charge in [0.05, 0.1) is 0 Å². The molecule has 0 saturated carbocycles. The molecule has 0 unspecified atom stereocenters. The summed E-state index contributed by atoms with van der Waals surface area (Å²) >= 11 is 0. The maximum Gasteiger partial charge on any atom is 2.00 e. The summed E-state index contributed by atoms with van der Waals surface area (Å²) in [7, 11) is 0. The minimum Gasteiger partial charge on any atom is -0.860 e. The van der Waals surface area contributed by atoms with Crippen molar-refractivity contribution in [2.24, 2.45) is 0 Å². The Labute approximate surface area is 120 Å². The summed E-state index contributed by atoms with van der Waals surface area (Å²) in [4.78, 5) is 0. The van der Waals surface area contributed by atoms with Crippen LogP contribution in [0.1, 0.15) is 19.8 Å². The van der Waals surface area contributed by atoms with Crippen LogP contribution in [-0.2, 0) is 17.1 Å². The van der Waals surface area contributed by atoms with Crippen LogP contribution in [0.4, 0.5) is 0 Å². The Bertz CT molecular complexity index is 346. The minimum absolute atomic E-state index is 0. The zero-order chi connectivity index (χ0) is 12.3. The van der Waals surface area contributed by atoms with E-state index in [1.54, 1.807) is 0 Å². The van der Waals surface area contributed by atoms with Gasteiger partial charge in [0.25, 0.3) is 0 Å². The van der Waals surface area contributed by atoms with Gasteiger partial charge in [-0.25, -0.2) is 12.1 Å². The van der Waals surface area contributed by atoms with Gasteiger partial charge in [-0.3, -0.25) is 0 Å². The Kier molecular flexibility index (Phi) is 10.0. The van der Waals surface area contributed by atoms with Gasteiger partial charge >= 0.3 is 17.1 Å². The van der Waals surface area contributed by atoms with Crippen LogP contribution in [0.3, 0.4) is 0 Å². The first-order chi connectivity index (χ1) is 8.34. The second kappa shape index (κ2) is 10.8. The van der Waals surface area contributed by atoms with E-state index >= 15 is 0 Å². The first kappa shape index (κ1) is 16.7. The van der Waals surface area contributed by atoms with E-state index in [-0.39, 0.29) is 23.0 Å². The summed E-state index contributed by atoms with van der Waals surface area (Å²) in [6, 6.07) is 10.0. The van der Waals surface area contributed by atoms with Crippen LogP contribution in [0.25, 0.3) is 0 Å². The van der Waals surface area contributed by atoms with Crippen LogP contribution in [0.15, 0.2) is 66.1 Å². The van der Waals surface area contributed by atoms with Crippen molar-refractivity contribution < 1.29 is 22.2 Å². The first-order valence-corrected chi connectivity index (χ1v) is 6.01. The van der Waals surface area contributed by atoms with Crippen molar-refractivity contribution in [1.29, 1.82) is 0 Å². The van der Waals surface area contributed by atoms with Gasteiger partial charge in [-0.05, 0) is 17.9 Å². The van der Waals surface area contributed by atoms with Crippen molar-refractivity contribution in [3.8, 4) is 0 Å². The number of allylic oxidation sites excluding steroid dienone is 5. The predicted octanol–water partition coefficient (Wildman–Crippen LogP) is 2.48. The van der Waals surface area contributed by atoms with Crippen LogP contribution in [-0.4, -0.2) is 6.54 Å². The largest absolute Gasteiger partial charge is 2.00 e. The number of rotatable bonds is 4. The van der Waals surface area contributed by atoms with Gasteiger partial charge in [0, 0.05) is 6.54 Å². The van der Waals surface area contributed by atoms with Crippen LogP contribution >= 0.6 is 0 Å². The second-order valence-corrected chi connectivity index (χ2v) is 3.75. The SMILES string of the molecule is CCCCNC([O-])=C1C=CC=C1.[Fe+2].c1cc[cH-]c1. The van der Waals surface area contributed by atoms with Gasteiger partial charge in [0.2, 0.25) is 0 Å². The van der Waals surface area contributed by atoms with E-state index in [0.717, 1.165) is 25.0 Å². The van der Waals surface area contributed by atoms with E-state index in [2.05, 4.69) is 12.2 Å². The Balaban J connectivity index is 0.000000405. The molecule has 1 N–H and O–H groups in total. The molecular weight excluding hydrogens is 266 g/mol. The number of unbranched alkanes of at least 4 members (excludes halogenated alkanes) is 1. The van der Waals surface area contributed by atoms with E-state index in [9.17, 15) is 5.11 Å². The topological polar surface area (TPSA) is 35.1 Å². The third kappa shape index (κ3) is 7.10. The molecule has 0 aliphatic heterocycles. The van der Waals surface area contributed by atoms with E-state index in [1.807, 2.05) is 54.6 Å². The molecule has 3 heteroatoms. The van der Waals surface area contributed by atoms with Crippen molar-refractivity contribution in [3.05, 3.63) is 66.1 Å². The molecule has 0 amide bonds. The predicted molar refractivity (Wildman–Crippen MR) is 70.3 cm³/mol. The zero-order valence-electron chi connectivity index (χ0n) is 10.6. The Morgan fingerprint density at radius 2 is 1.83 bits per heavy atom. The van der Waals surface area contributed by atoms with E-state index in [1.165, 1.54) is 0 Å². The fourth-order valence-corrected chi connectivity index (χ4v) is 1.33. The smallest absolute Gasteiger partial charge is 0.860 e. The normalized spacial score (nSPS) is 11.5. The summed E-state index contributed by atoms with van der Waals surface area (Å²) < 4.78 is 0. The summed E-state index contributed by atoms with van der Waals surface area (Å²) in [5.41, 5.74) is 0.756. The van der Waals surface area contributed by atoms with Gasteiger partial charge in [-0.15, -0.1) is 0 Å². The van der Waals surface area contributed by atoms with Crippen molar-refractivity contribution in [2.75, 3.05) is 6.54 Å². The van der Waals surface area contributed by atoms with Crippen LogP contribution < -0.4 is 10.4 Å². The summed E-state index contributed by atoms with van der Waals surface area (Å²) in [6.07, 6.45) is 9.54. The first-order valence-electron chi connectivity index (χ1n) is 6.01.